The highest BCUT2D eigenvalue weighted by Gasteiger charge is 2.18. The van der Waals surface area contributed by atoms with Gasteiger partial charge in [-0.25, -0.2) is 14.8 Å². The minimum atomic E-state index is -1.07. The van der Waals surface area contributed by atoms with Crippen molar-refractivity contribution < 1.29 is 14.7 Å². The fraction of sp³-hybridized carbons (Fsp3) is 0.571. The lowest BCUT2D eigenvalue weighted by molar-refractivity contribution is -0.118. The van der Waals surface area contributed by atoms with Crippen LogP contribution >= 0.6 is 11.8 Å². The third kappa shape index (κ3) is 5.71. The molecule has 1 heterocycles. The van der Waals surface area contributed by atoms with Crippen LogP contribution in [0.2, 0.25) is 0 Å². The molecule has 0 saturated carbocycles. The molecule has 1 amide bonds. The number of rotatable bonds is 7. The summed E-state index contributed by atoms with van der Waals surface area (Å²) in [6.07, 6.45) is 0.919. The number of carboxylic acids is 1. The molecule has 0 saturated heterocycles. The number of carbonyl (C=O) groups excluding carboxylic acids is 1. The second-order valence-corrected chi connectivity index (χ2v) is 6.13. The molecule has 0 unspecified atom stereocenters. The van der Waals surface area contributed by atoms with Crippen LogP contribution in [0.4, 0.5) is 0 Å². The normalized spacial score (nSPS) is 10.7. The summed E-state index contributed by atoms with van der Waals surface area (Å²) in [5, 5.41) is 12.4. The summed E-state index contributed by atoms with van der Waals surface area (Å²) in [6, 6.07) is 0. The Morgan fingerprint density at radius 1 is 1.29 bits per heavy atom. The number of aryl methyl sites for hydroxylation is 2. The van der Waals surface area contributed by atoms with Crippen LogP contribution in [0.25, 0.3) is 0 Å². The van der Waals surface area contributed by atoms with Gasteiger partial charge in [-0.1, -0.05) is 25.6 Å². The molecule has 0 radical (unpaired) electrons. The summed E-state index contributed by atoms with van der Waals surface area (Å²) in [5.74, 6) is -0.0149. The number of aromatic carboxylic acids is 1. The molecule has 0 atom stereocenters. The fourth-order valence-corrected chi connectivity index (χ4v) is 2.66. The first-order valence-electron chi connectivity index (χ1n) is 6.79. The zero-order chi connectivity index (χ0) is 16.0. The molecule has 1 rings (SSSR count). The van der Waals surface area contributed by atoms with E-state index in [0.29, 0.717) is 29.0 Å². The van der Waals surface area contributed by atoms with Gasteiger partial charge in [0.15, 0.2) is 0 Å². The number of aromatic nitrogens is 2. The van der Waals surface area contributed by atoms with E-state index in [1.807, 2.05) is 0 Å². The maximum absolute atomic E-state index is 11.7. The van der Waals surface area contributed by atoms with Crippen LogP contribution in [0.3, 0.4) is 0 Å². The topological polar surface area (TPSA) is 92.2 Å². The highest BCUT2D eigenvalue weighted by Crippen LogP contribution is 2.22. The standard InChI is InChI=1S/C14H21N3O3S/c1-8(2)5-6-15-11(18)7-21-13-12(14(19)20)9(3)16-10(4)17-13/h8H,5-7H2,1-4H3,(H,15,18)(H,19,20). The van der Waals surface area contributed by atoms with E-state index >= 15 is 0 Å². The minimum absolute atomic E-state index is 0.0700. The maximum Gasteiger partial charge on any atom is 0.340 e. The van der Waals surface area contributed by atoms with Gasteiger partial charge in [-0.05, 0) is 26.2 Å². The van der Waals surface area contributed by atoms with Crippen LogP contribution in [0, 0.1) is 19.8 Å². The third-order valence-electron chi connectivity index (χ3n) is 2.77. The van der Waals surface area contributed by atoms with E-state index in [4.69, 9.17) is 0 Å². The van der Waals surface area contributed by atoms with Crippen molar-refractivity contribution in [1.29, 1.82) is 0 Å². The summed E-state index contributed by atoms with van der Waals surface area (Å²) < 4.78 is 0. The fourth-order valence-electron chi connectivity index (χ4n) is 1.72. The molecule has 21 heavy (non-hydrogen) atoms. The van der Waals surface area contributed by atoms with Gasteiger partial charge in [0, 0.05) is 6.54 Å². The van der Waals surface area contributed by atoms with Crippen LogP contribution in [-0.4, -0.2) is 39.2 Å². The van der Waals surface area contributed by atoms with Crippen molar-refractivity contribution in [2.75, 3.05) is 12.3 Å². The largest absolute Gasteiger partial charge is 0.478 e. The van der Waals surface area contributed by atoms with Gasteiger partial charge in [0.25, 0.3) is 0 Å². The van der Waals surface area contributed by atoms with Crippen LogP contribution in [0.15, 0.2) is 5.03 Å². The minimum Gasteiger partial charge on any atom is -0.478 e. The van der Waals surface area contributed by atoms with Crippen molar-refractivity contribution in [3.63, 3.8) is 0 Å². The van der Waals surface area contributed by atoms with E-state index < -0.39 is 5.97 Å². The molecule has 7 heteroatoms. The average Bonchev–Trinajstić information content (AvgIpc) is 2.34. The van der Waals surface area contributed by atoms with Gasteiger partial charge in [0.2, 0.25) is 5.91 Å². The second kappa shape index (κ2) is 7.97. The Kier molecular flexibility index (Phi) is 6.61. The summed E-state index contributed by atoms with van der Waals surface area (Å²) in [6.45, 7) is 8.14. The Labute approximate surface area is 128 Å². The molecule has 116 valence electrons. The molecule has 0 aliphatic heterocycles. The number of thioether (sulfide) groups is 1. The van der Waals surface area contributed by atoms with Gasteiger partial charge in [-0.3, -0.25) is 4.79 Å². The van der Waals surface area contributed by atoms with E-state index in [2.05, 4.69) is 29.1 Å². The predicted molar refractivity (Wildman–Crippen MR) is 81.7 cm³/mol. The molecule has 1 aromatic rings. The van der Waals surface area contributed by atoms with Crippen molar-refractivity contribution in [1.82, 2.24) is 15.3 Å². The first-order valence-corrected chi connectivity index (χ1v) is 7.77. The van der Waals surface area contributed by atoms with Crippen LogP contribution in [-0.2, 0) is 4.79 Å². The van der Waals surface area contributed by atoms with Gasteiger partial charge in [0.1, 0.15) is 16.4 Å². The number of hydrogen-bond donors (Lipinski definition) is 2. The number of amides is 1. The molecular formula is C14H21N3O3S. The predicted octanol–water partition coefficient (Wildman–Crippen LogP) is 2.05. The Bertz CT molecular complexity index is 532. The Hall–Kier alpha value is -1.63. The Morgan fingerprint density at radius 3 is 2.52 bits per heavy atom. The van der Waals surface area contributed by atoms with E-state index in [9.17, 15) is 14.7 Å². The van der Waals surface area contributed by atoms with Gasteiger partial charge in [-0.2, -0.15) is 0 Å². The lowest BCUT2D eigenvalue weighted by Gasteiger charge is -2.09. The highest BCUT2D eigenvalue weighted by atomic mass is 32.2. The number of carbonyl (C=O) groups is 2. The number of carboxylic acid groups (broad SMARTS) is 1. The van der Waals surface area contributed by atoms with Gasteiger partial charge < -0.3 is 10.4 Å². The number of nitrogens with zero attached hydrogens (tertiary/aromatic N) is 2. The number of hydrogen-bond acceptors (Lipinski definition) is 5. The molecule has 0 aromatic carbocycles. The highest BCUT2D eigenvalue weighted by molar-refractivity contribution is 8.00. The molecule has 0 fully saturated rings. The third-order valence-corrected chi connectivity index (χ3v) is 3.74. The van der Waals surface area contributed by atoms with E-state index in [-0.39, 0.29) is 17.2 Å². The first kappa shape index (κ1) is 17.4. The van der Waals surface area contributed by atoms with E-state index in [0.717, 1.165) is 18.2 Å². The lowest BCUT2D eigenvalue weighted by atomic mass is 10.1. The molecule has 6 nitrogen and oxygen atoms in total. The van der Waals surface area contributed by atoms with Gasteiger partial charge >= 0.3 is 5.97 Å². The summed E-state index contributed by atoms with van der Waals surface area (Å²) in [4.78, 5) is 31.2. The van der Waals surface area contributed by atoms with Crippen molar-refractivity contribution in [2.24, 2.45) is 5.92 Å². The molecule has 0 aliphatic carbocycles. The van der Waals surface area contributed by atoms with Crippen molar-refractivity contribution >= 4 is 23.6 Å². The zero-order valence-corrected chi connectivity index (χ0v) is 13.6. The molecular weight excluding hydrogens is 290 g/mol. The first-order chi connectivity index (χ1) is 9.81. The van der Waals surface area contributed by atoms with E-state index in [1.54, 1.807) is 13.8 Å². The second-order valence-electron chi connectivity index (χ2n) is 5.16. The van der Waals surface area contributed by atoms with Crippen LogP contribution in [0.1, 0.15) is 42.1 Å². The van der Waals surface area contributed by atoms with Crippen LogP contribution < -0.4 is 5.32 Å². The SMILES string of the molecule is Cc1nc(C)c(C(=O)O)c(SCC(=O)NCCC(C)C)n1. The summed E-state index contributed by atoms with van der Waals surface area (Å²) >= 11 is 1.13. The number of nitrogens with one attached hydrogen (secondary N) is 1. The van der Waals surface area contributed by atoms with Crippen molar-refractivity contribution in [3.05, 3.63) is 17.1 Å². The summed E-state index contributed by atoms with van der Waals surface area (Å²) in [7, 11) is 0. The lowest BCUT2D eigenvalue weighted by Crippen LogP contribution is -2.27. The molecule has 0 bridgehead atoms. The summed E-state index contributed by atoms with van der Waals surface area (Å²) in [5.41, 5.74) is 0.485. The van der Waals surface area contributed by atoms with Crippen molar-refractivity contribution in [3.8, 4) is 0 Å². The molecule has 2 N–H and O–H groups in total. The van der Waals surface area contributed by atoms with Crippen LogP contribution in [0.5, 0.6) is 0 Å². The Morgan fingerprint density at radius 2 is 1.95 bits per heavy atom. The maximum atomic E-state index is 11.7. The van der Waals surface area contributed by atoms with Gasteiger partial charge in [0.05, 0.1) is 11.4 Å². The molecule has 0 aliphatic rings. The van der Waals surface area contributed by atoms with E-state index in [1.165, 1.54) is 0 Å². The van der Waals surface area contributed by atoms with Gasteiger partial charge in [-0.15, -0.1) is 0 Å². The monoisotopic (exact) mass is 311 g/mol. The molecule has 0 spiro atoms. The van der Waals surface area contributed by atoms with Crippen molar-refractivity contribution in [2.45, 2.75) is 39.1 Å². The zero-order valence-electron chi connectivity index (χ0n) is 12.8. The molecule has 1 aromatic heterocycles. The average molecular weight is 311 g/mol. The smallest absolute Gasteiger partial charge is 0.340 e. The Balaban J connectivity index is 2.66. The quantitative estimate of drug-likeness (QED) is 0.591.